The summed E-state index contributed by atoms with van der Waals surface area (Å²) in [6.07, 6.45) is 10.9. The van der Waals surface area contributed by atoms with Crippen molar-refractivity contribution in [1.82, 2.24) is 14.9 Å². The van der Waals surface area contributed by atoms with Crippen LogP contribution in [0.4, 0.5) is 0 Å². The zero-order chi connectivity index (χ0) is 12.5. The van der Waals surface area contributed by atoms with Crippen LogP contribution in [0, 0.1) is 0 Å². The van der Waals surface area contributed by atoms with Crippen LogP contribution < -0.4 is 0 Å². The van der Waals surface area contributed by atoms with Crippen molar-refractivity contribution >= 4 is 27.5 Å². The van der Waals surface area contributed by atoms with E-state index in [-0.39, 0.29) is 5.84 Å². The Kier molecular flexibility index (Phi) is 2.60. The summed E-state index contributed by atoms with van der Waals surface area (Å²) in [6.45, 7) is 0. The topological polar surface area (TPSA) is 70.6 Å². The Balaban J connectivity index is 2.10. The Morgan fingerprint density at radius 1 is 1.50 bits per heavy atom. The maximum atomic E-state index is 11.7. The smallest absolute Gasteiger partial charge is 0.375 e. The molecular formula is C11H10N4O2S. The molecule has 0 fully saturated rings. The molecule has 3 rings (SSSR count). The molecule has 7 heteroatoms. The quantitative estimate of drug-likeness (QED) is 0.639. The summed E-state index contributed by atoms with van der Waals surface area (Å²) >= 11 is 0. The molecule has 92 valence electrons. The van der Waals surface area contributed by atoms with Crippen molar-refractivity contribution in [3.63, 3.8) is 0 Å². The van der Waals surface area contributed by atoms with Crippen molar-refractivity contribution < 1.29 is 9.53 Å². The lowest BCUT2D eigenvalue weighted by molar-refractivity contribution is -0.133. The second-order valence-electron chi connectivity index (χ2n) is 3.49. The first-order valence-corrected chi connectivity index (χ1v) is 6.41. The number of aromatic amines is 1. The number of fused-ring (bicyclic) bond motifs is 1. The first kappa shape index (κ1) is 11.0. The van der Waals surface area contributed by atoms with Gasteiger partial charge < -0.3 is 9.72 Å². The first-order chi connectivity index (χ1) is 8.81. The van der Waals surface area contributed by atoms with Crippen molar-refractivity contribution in [2.24, 2.45) is 4.40 Å². The van der Waals surface area contributed by atoms with E-state index in [9.17, 15) is 4.79 Å². The summed E-state index contributed by atoms with van der Waals surface area (Å²) in [7, 11) is 0.741. The van der Waals surface area contributed by atoms with E-state index in [2.05, 4.69) is 14.4 Å². The Hall–Kier alpha value is -2.15. The Morgan fingerprint density at radius 3 is 3.11 bits per heavy atom. The molecule has 3 heterocycles. The zero-order valence-corrected chi connectivity index (χ0v) is 10.3. The first-order valence-electron chi connectivity index (χ1n) is 5.23. The summed E-state index contributed by atoms with van der Waals surface area (Å²) in [5, 5.41) is 0.730. The number of imidazole rings is 1. The van der Waals surface area contributed by atoms with Crippen LogP contribution in [0.2, 0.25) is 0 Å². The van der Waals surface area contributed by atoms with E-state index in [4.69, 9.17) is 4.74 Å². The number of carbonyl (C=O) groups is 1. The number of aromatic nitrogens is 2. The van der Waals surface area contributed by atoms with Gasteiger partial charge >= 0.3 is 5.97 Å². The standard InChI is InChI=1S/C11H10N4O2S/c1-17-10(16)9-14-18(11-12-5-6-13-11)8-4-2-3-7-15(8)9/h2-7H,1H3,(H,12,13). The van der Waals surface area contributed by atoms with Gasteiger partial charge in [-0.3, -0.25) is 4.90 Å². The molecule has 1 aromatic rings. The Bertz CT molecular complexity index is 613. The summed E-state index contributed by atoms with van der Waals surface area (Å²) in [4.78, 5) is 21.6. The number of ether oxygens (including phenoxy) is 1. The zero-order valence-electron chi connectivity index (χ0n) is 9.53. The molecule has 0 aliphatic carbocycles. The van der Waals surface area contributed by atoms with Crippen molar-refractivity contribution in [3.05, 3.63) is 36.8 Å². The van der Waals surface area contributed by atoms with Gasteiger partial charge in [-0.1, -0.05) is 6.08 Å². The maximum absolute atomic E-state index is 11.7. The number of rotatable bonds is 2. The molecule has 1 atom stereocenters. The number of esters is 1. The fourth-order valence-corrected chi connectivity index (χ4v) is 3.26. The SMILES string of the molecule is COC(=O)C1=NS(c2ncc[nH]2)=C2C=CC=CN12. The van der Waals surface area contributed by atoms with Crippen LogP contribution in [0.25, 0.3) is 0 Å². The van der Waals surface area contributed by atoms with Gasteiger partial charge in [-0.05, 0) is 12.2 Å². The van der Waals surface area contributed by atoms with E-state index in [1.54, 1.807) is 23.5 Å². The lowest BCUT2D eigenvalue weighted by Crippen LogP contribution is -2.34. The highest BCUT2D eigenvalue weighted by atomic mass is 32.2. The van der Waals surface area contributed by atoms with E-state index < -0.39 is 16.6 Å². The lowest BCUT2D eigenvalue weighted by atomic mass is 10.3. The van der Waals surface area contributed by atoms with Crippen molar-refractivity contribution in [2.45, 2.75) is 5.16 Å². The van der Waals surface area contributed by atoms with Gasteiger partial charge in [-0.2, -0.15) is 4.40 Å². The summed E-state index contributed by atoms with van der Waals surface area (Å²) < 4.78 is 9.15. The highest BCUT2D eigenvalue weighted by molar-refractivity contribution is 8.15. The van der Waals surface area contributed by atoms with Gasteiger partial charge in [0.15, 0.2) is 5.16 Å². The second-order valence-corrected chi connectivity index (χ2v) is 5.05. The Morgan fingerprint density at radius 2 is 2.39 bits per heavy atom. The number of carbonyl (C=O) groups excluding carboxylic acids is 1. The van der Waals surface area contributed by atoms with E-state index in [1.807, 2.05) is 18.2 Å². The third-order valence-corrected chi connectivity index (χ3v) is 4.12. The highest BCUT2D eigenvalue weighted by Gasteiger charge is 2.31. The molecule has 0 saturated carbocycles. The predicted octanol–water partition coefficient (Wildman–Crippen LogP) is 1.05. The number of hydrogen-bond acceptors (Lipinski definition) is 5. The molecule has 1 aromatic heterocycles. The molecule has 0 saturated heterocycles. The minimum absolute atomic E-state index is 0.285. The van der Waals surface area contributed by atoms with Crippen molar-refractivity contribution in [3.8, 4) is 0 Å². The van der Waals surface area contributed by atoms with Gasteiger partial charge in [0.25, 0.3) is 0 Å². The van der Waals surface area contributed by atoms with Crippen LogP contribution in [-0.2, 0) is 9.53 Å². The summed E-state index contributed by atoms with van der Waals surface area (Å²) in [5.41, 5.74) is 0. The molecule has 2 aliphatic rings. The monoisotopic (exact) mass is 262 g/mol. The summed E-state index contributed by atoms with van der Waals surface area (Å²) in [6, 6.07) is 0. The van der Waals surface area contributed by atoms with Crippen molar-refractivity contribution in [2.75, 3.05) is 7.11 Å². The number of nitrogens with zero attached hydrogens (tertiary/aromatic N) is 3. The normalized spacial score (nSPS) is 20.9. The van der Waals surface area contributed by atoms with Gasteiger partial charge in [0.05, 0.1) is 12.1 Å². The average Bonchev–Trinajstić information content (AvgIpc) is 3.04. The molecular weight excluding hydrogens is 252 g/mol. The minimum atomic E-state index is -0.603. The number of H-pyrrole nitrogens is 1. The third kappa shape index (κ3) is 1.60. The van der Waals surface area contributed by atoms with E-state index in [0.717, 1.165) is 10.1 Å². The van der Waals surface area contributed by atoms with E-state index >= 15 is 0 Å². The lowest BCUT2D eigenvalue weighted by Gasteiger charge is -2.17. The van der Waals surface area contributed by atoms with E-state index in [1.165, 1.54) is 7.11 Å². The minimum Gasteiger partial charge on any atom is -0.463 e. The fourth-order valence-electron chi connectivity index (χ4n) is 1.66. The molecule has 0 aromatic carbocycles. The number of allylic oxidation sites excluding steroid dienone is 2. The molecule has 0 bridgehead atoms. The van der Waals surface area contributed by atoms with Crippen molar-refractivity contribution in [1.29, 1.82) is 0 Å². The number of hydrogen-bond donors (Lipinski definition) is 1. The molecule has 1 N–H and O–H groups in total. The van der Waals surface area contributed by atoms with Gasteiger partial charge in [0.2, 0.25) is 5.84 Å². The number of amidine groups is 1. The van der Waals surface area contributed by atoms with E-state index in [0.29, 0.717) is 0 Å². The molecule has 2 aliphatic heterocycles. The molecule has 1 unspecified atom stereocenters. The molecule has 0 amide bonds. The largest absolute Gasteiger partial charge is 0.463 e. The molecule has 6 nitrogen and oxygen atoms in total. The predicted molar refractivity (Wildman–Crippen MR) is 69.0 cm³/mol. The molecule has 0 radical (unpaired) electrons. The van der Waals surface area contributed by atoms with Crippen LogP contribution in [0.1, 0.15) is 0 Å². The maximum Gasteiger partial charge on any atom is 0.375 e. The second kappa shape index (κ2) is 4.26. The average molecular weight is 262 g/mol. The third-order valence-electron chi connectivity index (χ3n) is 2.45. The van der Waals surface area contributed by atoms with Crippen LogP contribution in [0.5, 0.6) is 0 Å². The number of nitrogens with one attached hydrogen (secondary N) is 1. The van der Waals surface area contributed by atoms with Gasteiger partial charge in [-0.25, -0.2) is 9.78 Å². The van der Waals surface area contributed by atoms with Crippen LogP contribution in [-0.4, -0.2) is 38.8 Å². The van der Waals surface area contributed by atoms with Crippen LogP contribution in [0.3, 0.4) is 0 Å². The number of methoxy groups -OCH3 is 1. The molecule has 0 spiro atoms. The van der Waals surface area contributed by atoms with Gasteiger partial charge in [0, 0.05) is 29.3 Å². The Labute approximate surface area is 106 Å². The van der Waals surface area contributed by atoms with Crippen LogP contribution in [0.15, 0.2) is 46.4 Å². The van der Waals surface area contributed by atoms with Gasteiger partial charge in [0.1, 0.15) is 0 Å². The van der Waals surface area contributed by atoms with Gasteiger partial charge in [-0.15, -0.1) is 0 Å². The molecule has 18 heavy (non-hydrogen) atoms. The summed E-state index contributed by atoms with van der Waals surface area (Å²) in [5.74, 6) is -0.165. The highest BCUT2D eigenvalue weighted by Crippen LogP contribution is 2.34. The van der Waals surface area contributed by atoms with Crippen LogP contribution >= 0.6 is 10.7 Å². The fraction of sp³-hybridized carbons (Fsp3) is 0.0909.